The first-order valence-corrected chi connectivity index (χ1v) is 8.66. The molecule has 0 spiro atoms. The van der Waals surface area contributed by atoms with Crippen LogP contribution >= 0.6 is 11.3 Å². The minimum absolute atomic E-state index is 0.0979. The van der Waals surface area contributed by atoms with Gasteiger partial charge in [-0.1, -0.05) is 12.1 Å². The number of benzene rings is 1. The zero-order valence-corrected chi connectivity index (χ0v) is 14.2. The molecule has 6 nitrogen and oxygen atoms in total. The lowest BCUT2D eigenvalue weighted by Gasteiger charge is -2.15. The molecule has 0 aliphatic rings. The first kappa shape index (κ1) is 15.6. The molecule has 1 atom stereocenters. The van der Waals surface area contributed by atoms with E-state index in [9.17, 15) is 4.39 Å². The van der Waals surface area contributed by atoms with Gasteiger partial charge in [-0.25, -0.2) is 19.3 Å². The van der Waals surface area contributed by atoms with Crippen LogP contribution < -0.4 is 5.32 Å². The van der Waals surface area contributed by atoms with Gasteiger partial charge in [0, 0.05) is 17.0 Å². The van der Waals surface area contributed by atoms with Gasteiger partial charge in [-0.05, 0) is 24.6 Å². The lowest BCUT2D eigenvalue weighted by molar-refractivity contribution is 0.558. The summed E-state index contributed by atoms with van der Waals surface area (Å²) in [7, 11) is 0. The van der Waals surface area contributed by atoms with Gasteiger partial charge in [0.05, 0.1) is 11.9 Å². The van der Waals surface area contributed by atoms with Gasteiger partial charge in [0.1, 0.15) is 35.4 Å². The Hall–Kier alpha value is -2.87. The Morgan fingerprint density at radius 1 is 1.20 bits per heavy atom. The highest BCUT2D eigenvalue weighted by molar-refractivity contribution is 7.17. The molecule has 0 aliphatic carbocycles. The molecule has 25 heavy (non-hydrogen) atoms. The summed E-state index contributed by atoms with van der Waals surface area (Å²) in [5.41, 5.74) is 1.94. The number of hydrogen-bond acceptors (Lipinski definition) is 6. The van der Waals surface area contributed by atoms with E-state index < -0.39 is 0 Å². The summed E-state index contributed by atoms with van der Waals surface area (Å²) < 4.78 is 15.0. The first-order valence-electron chi connectivity index (χ1n) is 7.78. The Morgan fingerprint density at radius 3 is 2.80 bits per heavy atom. The van der Waals surface area contributed by atoms with Crippen LogP contribution in [0.15, 0.2) is 48.6 Å². The van der Waals surface area contributed by atoms with Gasteiger partial charge in [-0.2, -0.15) is 5.10 Å². The van der Waals surface area contributed by atoms with Crippen LogP contribution in [0.5, 0.6) is 0 Å². The molecule has 126 valence electrons. The van der Waals surface area contributed by atoms with Crippen LogP contribution in [0.2, 0.25) is 0 Å². The highest BCUT2D eigenvalue weighted by Gasteiger charge is 2.15. The van der Waals surface area contributed by atoms with Crippen molar-refractivity contribution >= 4 is 27.4 Å². The fourth-order valence-electron chi connectivity index (χ4n) is 2.71. The van der Waals surface area contributed by atoms with Gasteiger partial charge in [0.15, 0.2) is 0 Å². The second-order valence-electron chi connectivity index (χ2n) is 5.72. The van der Waals surface area contributed by atoms with E-state index in [-0.39, 0.29) is 11.9 Å². The van der Waals surface area contributed by atoms with E-state index in [4.69, 9.17) is 0 Å². The summed E-state index contributed by atoms with van der Waals surface area (Å²) >= 11 is 1.55. The molecule has 0 fully saturated rings. The van der Waals surface area contributed by atoms with Gasteiger partial charge in [0.25, 0.3) is 0 Å². The SMILES string of the molecule is CC(Cn1cncn1)Nc1ncnc2scc(-c3ccc(F)cc3)c12. The maximum Gasteiger partial charge on any atom is 0.139 e. The van der Waals surface area contributed by atoms with Crippen molar-refractivity contribution in [2.75, 3.05) is 5.32 Å². The number of nitrogens with one attached hydrogen (secondary N) is 1. The van der Waals surface area contributed by atoms with Crippen molar-refractivity contribution in [3.05, 3.63) is 54.4 Å². The zero-order valence-electron chi connectivity index (χ0n) is 13.4. The van der Waals surface area contributed by atoms with Gasteiger partial charge in [-0.3, -0.25) is 4.68 Å². The highest BCUT2D eigenvalue weighted by Crippen LogP contribution is 2.36. The van der Waals surface area contributed by atoms with E-state index in [1.165, 1.54) is 18.5 Å². The van der Waals surface area contributed by atoms with E-state index in [0.717, 1.165) is 27.2 Å². The molecule has 4 aromatic rings. The van der Waals surface area contributed by atoms with E-state index in [1.807, 2.05) is 5.38 Å². The van der Waals surface area contributed by atoms with Crippen LogP contribution in [0.3, 0.4) is 0 Å². The Balaban J connectivity index is 1.69. The second-order valence-corrected chi connectivity index (χ2v) is 6.58. The fourth-order valence-corrected chi connectivity index (χ4v) is 3.63. The lowest BCUT2D eigenvalue weighted by Crippen LogP contribution is -2.23. The Kier molecular flexibility index (Phi) is 4.10. The highest BCUT2D eigenvalue weighted by atomic mass is 32.1. The standard InChI is InChI=1S/C17H15FN6S/c1-11(6-24-10-19-8-22-24)23-16-15-14(7-25-17(15)21-9-20-16)12-2-4-13(18)5-3-12/h2-5,7-11H,6H2,1H3,(H,20,21,23). The lowest BCUT2D eigenvalue weighted by atomic mass is 10.1. The number of rotatable bonds is 5. The molecule has 0 saturated heterocycles. The normalized spacial score (nSPS) is 12.4. The molecule has 0 saturated carbocycles. The van der Waals surface area contributed by atoms with Crippen molar-refractivity contribution in [1.82, 2.24) is 24.7 Å². The zero-order chi connectivity index (χ0) is 17.2. The number of halogens is 1. The molecule has 1 N–H and O–H groups in total. The van der Waals surface area contributed by atoms with E-state index in [2.05, 4.69) is 32.3 Å². The minimum Gasteiger partial charge on any atom is -0.365 e. The smallest absolute Gasteiger partial charge is 0.139 e. The molecular weight excluding hydrogens is 339 g/mol. The quantitative estimate of drug-likeness (QED) is 0.593. The first-order chi connectivity index (χ1) is 12.2. The third-order valence-electron chi connectivity index (χ3n) is 3.84. The molecule has 0 amide bonds. The summed E-state index contributed by atoms with van der Waals surface area (Å²) in [6.45, 7) is 2.72. The van der Waals surface area contributed by atoms with Crippen LogP contribution in [0.25, 0.3) is 21.3 Å². The summed E-state index contributed by atoms with van der Waals surface area (Å²) in [5, 5.41) is 10.5. The molecule has 3 heterocycles. The van der Waals surface area contributed by atoms with Crippen LogP contribution in [0.1, 0.15) is 6.92 Å². The molecule has 0 bridgehead atoms. The maximum absolute atomic E-state index is 13.2. The number of thiophene rings is 1. The largest absolute Gasteiger partial charge is 0.365 e. The average Bonchev–Trinajstić information content (AvgIpc) is 3.25. The predicted octanol–water partition coefficient (Wildman–Crippen LogP) is 3.59. The van der Waals surface area contributed by atoms with Crippen molar-refractivity contribution in [1.29, 1.82) is 0 Å². The van der Waals surface area contributed by atoms with Gasteiger partial charge >= 0.3 is 0 Å². The Bertz CT molecular complexity index is 980. The molecule has 1 aromatic carbocycles. The number of aromatic nitrogens is 5. The third-order valence-corrected chi connectivity index (χ3v) is 4.72. The maximum atomic E-state index is 13.2. The molecule has 0 aliphatic heterocycles. The fraction of sp³-hybridized carbons (Fsp3) is 0.176. The van der Waals surface area contributed by atoms with Crippen LogP contribution in [0, 0.1) is 5.82 Å². The topological polar surface area (TPSA) is 68.5 Å². The van der Waals surface area contributed by atoms with Gasteiger partial charge in [-0.15, -0.1) is 11.3 Å². The second kappa shape index (κ2) is 6.56. The van der Waals surface area contributed by atoms with Crippen molar-refractivity contribution in [3.63, 3.8) is 0 Å². The summed E-state index contributed by atoms with van der Waals surface area (Å²) in [6.07, 6.45) is 4.75. The molecule has 0 radical (unpaired) electrons. The third kappa shape index (κ3) is 3.20. The molecular formula is C17H15FN6S. The molecule has 4 rings (SSSR count). The van der Waals surface area contributed by atoms with E-state index in [1.54, 1.807) is 40.8 Å². The summed E-state index contributed by atoms with van der Waals surface area (Å²) in [6, 6.07) is 6.56. The number of fused-ring (bicyclic) bond motifs is 1. The number of hydrogen-bond donors (Lipinski definition) is 1. The van der Waals surface area contributed by atoms with Crippen molar-refractivity contribution in [3.8, 4) is 11.1 Å². The minimum atomic E-state index is -0.251. The molecule has 1 unspecified atom stereocenters. The van der Waals surface area contributed by atoms with Crippen molar-refractivity contribution in [2.24, 2.45) is 0 Å². The number of nitrogens with zero attached hydrogens (tertiary/aromatic N) is 5. The number of anilines is 1. The van der Waals surface area contributed by atoms with Crippen LogP contribution in [-0.2, 0) is 6.54 Å². The summed E-state index contributed by atoms with van der Waals surface area (Å²) in [4.78, 5) is 13.6. The Morgan fingerprint density at radius 2 is 2.04 bits per heavy atom. The molecule has 3 aromatic heterocycles. The van der Waals surface area contributed by atoms with Crippen molar-refractivity contribution in [2.45, 2.75) is 19.5 Å². The summed E-state index contributed by atoms with van der Waals surface area (Å²) in [5.74, 6) is 0.512. The predicted molar refractivity (Wildman–Crippen MR) is 95.9 cm³/mol. The van der Waals surface area contributed by atoms with E-state index >= 15 is 0 Å². The average molecular weight is 354 g/mol. The van der Waals surface area contributed by atoms with Gasteiger partial charge in [0.2, 0.25) is 0 Å². The monoisotopic (exact) mass is 354 g/mol. The van der Waals surface area contributed by atoms with Crippen molar-refractivity contribution < 1.29 is 4.39 Å². The molecule has 8 heteroatoms. The Labute approximate surface area is 147 Å². The van der Waals surface area contributed by atoms with Gasteiger partial charge < -0.3 is 5.32 Å². The van der Waals surface area contributed by atoms with E-state index in [0.29, 0.717) is 6.54 Å². The van der Waals surface area contributed by atoms with Crippen LogP contribution in [-0.4, -0.2) is 30.8 Å². The van der Waals surface area contributed by atoms with Crippen LogP contribution in [0.4, 0.5) is 10.2 Å².